The first-order valence-electron chi connectivity index (χ1n) is 5.09. The number of rotatable bonds is 1. The topological polar surface area (TPSA) is 54.4 Å². The number of carboxylic acid groups (broad SMARTS) is 1. The van der Waals surface area contributed by atoms with Crippen LogP contribution in [0.3, 0.4) is 0 Å². The molecule has 0 amide bonds. The Morgan fingerprint density at radius 2 is 2.00 bits per heavy atom. The third kappa shape index (κ3) is 0.421. The molecule has 0 unspecified atom stereocenters. The van der Waals surface area contributed by atoms with Crippen LogP contribution in [-0.4, -0.2) is 16.9 Å². The first kappa shape index (κ1) is 8.45. The van der Waals surface area contributed by atoms with Crippen molar-refractivity contribution in [2.24, 2.45) is 28.1 Å². The zero-order valence-electron chi connectivity index (χ0n) is 8.63. The molecule has 4 bridgehead atoms. The first-order chi connectivity index (χ1) is 6.32. The molecule has 4 fully saturated rings. The van der Waals surface area contributed by atoms with Crippen LogP contribution in [0.5, 0.6) is 0 Å². The molecule has 4 rings (SSSR count). The van der Waals surface area contributed by atoms with E-state index < -0.39 is 11.4 Å². The largest absolute Gasteiger partial charge is 0.481 e. The van der Waals surface area contributed by atoms with Gasteiger partial charge in [-0.05, 0) is 17.8 Å². The van der Waals surface area contributed by atoms with Gasteiger partial charge in [0.2, 0.25) is 0 Å². The summed E-state index contributed by atoms with van der Waals surface area (Å²) in [5.74, 6) is -0.588. The van der Waals surface area contributed by atoms with Crippen molar-refractivity contribution in [1.82, 2.24) is 0 Å². The Morgan fingerprint density at radius 3 is 2.14 bits per heavy atom. The van der Waals surface area contributed by atoms with Crippen molar-refractivity contribution < 1.29 is 14.7 Å². The Balaban J connectivity index is 2.26. The molecular formula is C11H14O3. The lowest BCUT2D eigenvalue weighted by Gasteiger charge is -2.35. The van der Waals surface area contributed by atoms with Gasteiger partial charge in [-0.2, -0.15) is 0 Å². The quantitative estimate of drug-likeness (QED) is 0.685. The number of hydrogen-bond donors (Lipinski definition) is 1. The van der Waals surface area contributed by atoms with Crippen molar-refractivity contribution in [2.75, 3.05) is 0 Å². The van der Waals surface area contributed by atoms with Gasteiger partial charge in [0.25, 0.3) is 0 Å². The lowest BCUT2D eigenvalue weighted by atomic mass is 9.66. The van der Waals surface area contributed by atoms with Crippen LogP contribution < -0.4 is 0 Å². The summed E-state index contributed by atoms with van der Waals surface area (Å²) in [6.07, 6.45) is 0.788. The van der Waals surface area contributed by atoms with Gasteiger partial charge in [-0.3, -0.25) is 9.59 Å². The second kappa shape index (κ2) is 1.66. The number of hydrogen-bond acceptors (Lipinski definition) is 2. The smallest absolute Gasteiger partial charge is 0.311 e. The Morgan fingerprint density at radius 1 is 1.43 bits per heavy atom. The molecule has 4 aliphatic rings. The van der Waals surface area contributed by atoms with Gasteiger partial charge in [0.1, 0.15) is 5.78 Å². The maximum atomic E-state index is 12.0. The van der Waals surface area contributed by atoms with Crippen molar-refractivity contribution in [3.05, 3.63) is 0 Å². The zero-order valence-corrected chi connectivity index (χ0v) is 8.63. The van der Waals surface area contributed by atoms with Crippen molar-refractivity contribution in [1.29, 1.82) is 0 Å². The molecule has 4 aliphatic carbocycles. The molecule has 0 spiro atoms. The second-order valence-corrected chi connectivity index (χ2v) is 5.78. The Kier molecular flexibility index (Phi) is 1.00. The van der Waals surface area contributed by atoms with Crippen molar-refractivity contribution in [3.8, 4) is 0 Å². The van der Waals surface area contributed by atoms with Crippen LogP contribution in [0.4, 0.5) is 0 Å². The number of carbonyl (C=O) groups excluding carboxylic acids is 1. The molecule has 0 aromatic rings. The molecule has 4 saturated carbocycles. The molecule has 0 heterocycles. The Labute approximate surface area is 82.5 Å². The molecule has 14 heavy (non-hydrogen) atoms. The summed E-state index contributed by atoms with van der Waals surface area (Å²) in [4.78, 5) is 23.3. The van der Waals surface area contributed by atoms with Gasteiger partial charge in [0.05, 0.1) is 5.41 Å². The van der Waals surface area contributed by atoms with E-state index in [1.807, 2.05) is 20.8 Å². The summed E-state index contributed by atoms with van der Waals surface area (Å²) in [5, 5.41) is 9.33. The van der Waals surface area contributed by atoms with Crippen LogP contribution in [0, 0.1) is 28.1 Å². The van der Waals surface area contributed by atoms with Crippen LogP contribution in [-0.2, 0) is 9.59 Å². The Hall–Kier alpha value is -0.860. The van der Waals surface area contributed by atoms with E-state index >= 15 is 0 Å². The summed E-state index contributed by atoms with van der Waals surface area (Å²) >= 11 is 0. The third-order valence-corrected chi connectivity index (χ3v) is 5.59. The van der Waals surface area contributed by atoms with E-state index in [1.165, 1.54) is 0 Å². The standard InChI is InChI=1S/C11H14O3/c1-9(2)10(3)4-5-6(7(10)12)11(5,9)8(13)14/h5-6H,4H2,1-3H3,(H,13,14)/t5-,6+,10-,11+/m0/s1. The van der Waals surface area contributed by atoms with Gasteiger partial charge in [-0.25, -0.2) is 0 Å². The van der Waals surface area contributed by atoms with Crippen molar-refractivity contribution in [2.45, 2.75) is 27.2 Å². The molecule has 1 N–H and O–H groups in total. The van der Waals surface area contributed by atoms with Gasteiger partial charge in [-0.15, -0.1) is 0 Å². The summed E-state index contributed by atoms with van der Waals surface area (Å²) in [6.45, 7) is 5.85. The van der Waals surface area contributed by atoms with Crippen LogP contribution in [0.25, 0.3) is 0 Å². The van der Waals surface area contributed by atoms with Gasteiger partial charge in [-0.1, -0.05) is 20.8 Å². The highest BCUT2D eigenvalue weighted by Gasteiger charge is 2.94. The van der Waals surface area contributed by atoms with E-state index in [1.54, 1.807) is 0 Å². The summed E-state index contributed by atoms with van der Waals surface area (Å²) in [6, 6.07) is 0. The number of carboxylic acids is 1. The summed E-state index contributed by atoms with van der Waals surface area (Å²) < 4.78 is 0. The number of Topliss-reactive ketones (excluding diaryl/α,β-unsaturated/α-hetero) is 1. The van der Waals surface area contributed by atoms with Gasteiger partial charge in [0.15, 0.2) is 0 Å². The molecule has 4 atom stereocenters. The zero-order chi connectivity index (χ0) is 10.5. The summed E-state index contributed by atoms with van der Waals surface area (Å²) in [7, 11) is 0. The molecule has 0 aromatic heterocycles. The van der Waals surface area contributed by atoms with E-state index in [-0.39, 0.29) is 28.4 Å². The fourth-order valence-electron chi connectivity index (χ4n) is 4.44. The Bertz CT molecular complexity index is 384. The first-order valence-corrected chi connectivity index (χ1v) is 5.09. The predicted octanol–water partition coefficient (Wildman–Crippen LogP) is 1.32. The molecule has 0 saturated heterocycles. The highest BCUT2D eigenvalue weighted by molar-refractivity contribution is 6.06. The fraction of sp³-hybridized carbons (Fsp3) is 0.818. The minimum Gasteiger partial charge on any atom is -0.481 e. The highest BCUT2D eigenvalue weighted by Crippen LogP contribution is 2.88. The fourth-order valence-corrected chi connectivity index (χ4v) is 4.44. The predicted molar refractivity (Wildman–Crippen MR) is 48.6 cm³/mol. The van der Waals surface area contributed by atoms with Crippen molar-refractivity contribution in [3.63, 3.8) is 0 Å². The van der Waals surface area contributed by atoms with E-state index in [4.69, 9.17) is 0 Å². The maximum Gasteiger partial charge on any atom is 0.311 e. The van der Waals surface area contributed by atoms with E-state index in [9.17, 15) is 14.7 Å². The van der Waals surface area contributed by atoms with Crippen molar-refractivity contribution >= 4 is 11.8 Å². The van der Waals surface area contributed by atoms with Crippen LogP contribution in [0.1, 0.15) is 27.2 Å². The monoisotopic (exact) mass is 194 g/mol. The lowest BCUT2D eigenvalue weighted by molar-refractivity contribution is -0.148. The highest BCUT2D eigenvalue weighted by atomic mass is 16.4. The average Bonchev–Trinajstić information content (AvgIpc) is 2.53. The van der Waals surface area contributed by atoms with E-state index in [0.29, 0.717) is 0 Å². The molecule has 76 valence electrons. The van der Waals surface area contributed by atoms with Gasteiger partial charge in [0, 0.05) is 11.3 Å². The number of ketones is 1. The molecule has 0 aromatic carbocycles. The third-order valence-electron chi connectivity index (χ3n) is 5.59. The SMILES string of the molecule is CC1(C)[C@]2(C(=O)O)[C@H]3C[C@@]1(C)C(=O)[C@@H]32. The molecule has 0 aliphatic heterocycles. The van der Waals surface area contributed by atoms with Gasteiger partial charge < -0.3 is 5.11 Å². The maximum absolute atomic E-state index is 12.0. The average molecular weight is 194 g/mol. The lowest BCUT2D eigenvalue weighted by Crippen LogP contribution is -2.38. The van der Waals surface area contributed by atoms with E-state index in [0.717, 1.165) is 6.42 Å². The van der Waals surface area contributed by atoms with Gasteiger partial charge >= 0.3 is 5.97 Å². The van der Waals surface area contributed by atoms with E-state index in [2.05, 4.69) is 0 Å². The van der Waals surface area contributed by atoms with Crippen LogP contribution in [0.2, 0.25) is 0 Å². The number of carbonyl (C=O) groups is 2. The normalized spacial score (nSPS) is 56.4. The minimum absolute atomic E-state index is 0.132. The molecule has 3 nitrogen and oxygen atoms in total. The minimum atomic E-state index is -0.757. The van der Waals surface area contributed by atoms with Crippen LogP contribution >= 0.6 is 0 Å². The number of aliphatic carboxylic acids is 1. The molecule has 3 heteroatoms. The summed E-state index contributed by atoms with van der Waals surface area (Å²) in [5.41, 5.74) is -1.45. The van der Waals surface area contributed by atoms with Crippen LogP contribution in [0.15, 0.2) is 0 Å². The second-order valence-electron chi connectivity index (χ2n) is 5.78. The molecular weight excluding hydrogens is 180 g/mol. The molecule has 0 radical (unpaired) electrons.